The number of carbonyl (C=O) groups is 3. The number of benzene rings is 3. The van der Waals surface area contributed by atoms with E-state index in [1.807, 2.05) is 30.3 Å². The number of para-hydroxylation sites is 1. The summed E-state index contributed by atoms with van der Waals surface area (Å²) >= 11 is 0. The Kier molecular flexibility index (Phi) is 9.95. The molecule has 3 N–H and O–H groups in total. The highest BCUT2D eigenvalue weighted by molar-refractivity contribution is 6.05. The molecule has 40 heavy (non-hydrogen) atoms. The number of carboxylic acid groups (broad SMARTS) is 2. The van der Waals surface area contributed by atoms with E-state index in [0.29, 0.717) is 55.5 Å². The summed E-state index contributed by atoms with van der Waals surface area (Å²) in [6, 6.07) is 21.8. The molecular formula is C30H32N2O8. The van der Waals surface area contributed by atoms with Crippen molar-refractivity contribution in [2.24, 2.45) is 0 Å². The third-order valence-electron chi connectivity index (χ3n) is 6.25. The smallest absolute Gasteiger partial charge is 0.346 e. The fourth-order valence-corrected chi connectivity index (χ4v) is 4.25. The molecule has 0 aromatic heterocycles. The Hall–Kier alpha value is -4.57. The quantitative estimate of drug-likeness (QED) is 0.250. The summed E-state index contributed by atoms with van der Waals surface area (Å²) in [4.78, 5) is 37.4. The summed E-state index contributed by atoms with van der Waals surface area (Å²) < 4.78 is 17.1. The molecule has 1 heterocycles. The number of rotatable bonds is 14. The first-order valence-electron chi connectivity index (χ1n) is 13.1. The van der Waals surface area contributed by atoms with Crippen LogP contribution in [0.5, 0.6) is 11.5 Å². The number of carboxylic acids is 2. The average Bonchev–Trinajstić information content (AvgIpc) is 2.95. The van der Waals surface area contributed by atoms with Gasteiger partial charge in [0.05, 0.1) is 37.7 Å². The summed E-state index contributed by atoms with van der Waals surface area (Å²) in [6.07, 6.45) is -0.135. The van der Waals surface area contributed by atoms with Crippen LogP contribution >= 0.6 is 0 Å². The number of nitrogens with zero attached hydrogens (tertiary/aromatic N) is 1. The van der Waals surface area contributed by atoms with Gasteiger partial charge in [-0.05, 0) is 48.4 Å². The predicted molar refractivity (Wildman–Crippen MR) is 148 cm³/mol. The number of anilines is 2. The Bertz CT molecular complexity index is 1300. The SMILES string of the molecule is O=C(O)CCCN1CC(C(=O)O)Oc2c(NC(=O)c3ccc(OCCCOCc4ccccc4)cc3)cccc21. The van der Waals surface area contributed by atoms with E-state index in [4.69, 9.17) is 19.3 Å². The molecule has 10 heteroatoms. The summed E-state index contributed by atoms with van der Waals surface area (Å²) in [6.45, 7) is 2.00. The van der Waals surface area contributed by atoms with Crippen molar-refractivity contribution in [2.75, 3.05) is 36.5 Å². The van der Waals surface area contributed by atoms with Gasteiger partial charge in [0.15, 0.2) is 5.75 Å². The number of hydrogen-bond donors (Lipinski definition) is 3. The molecule has 0 saturated heterocycles. The molecule has 3 aromatic carbocycles. The van der Waals surface area contributed by atoms with Crippen LogP contribution in [0.15, 0.2) is 72.8 Å². The highest BCUT2D eigenvalue weighted by Crippen LogP contribution is 2.40. The van der Waals surface area contributed by atoms with Crippen LogP contribution in [0.2, 0.25) is 0 Å². The molecule has 0 fully saturated rings. The maximum absolute atomic E-state index is 13.0. The first-order valence-corrected chi connectivity index (χ1v) is 13.1. The number of aliphatic carboxylic acids is 2. The van der Waals surface area contributed by atoms with E-state index in [1.165, 1.54) is 0 Å². The highest BCUT2D eigenvalue weighted by Gasteiger charge is 2.32. The van der Waals surface area contributed by atoms with Crippen LogP contribution in [0.25, 0.3) is 0 Å². The van der Waals surface area contributed by atoms with Crippen LogP contribution in [0.3, 0.4) is 0 Å². The fourth-order valence-electron chi connectivity index (χ4n) is 4.25. The molecule has 1 amide bonds. The molecule has 3 aromatic rings. The molecule has 0 bridgehead atoms. The number of carbonyl (C=O) groups excluding carboxylic acids is 1. The lowest BCUT2D eigenvalue weighted by Crippen LogP contribution is -2.45. The second-order valence-corrected chi connectivity index (χ2v) is 9.26. The molecule has 0 aliphatic carbocycles. The summed E-state index contributed by atoms with van der Waals surface area (Å²) in [5.74, 6) is -1.60. The predicted octanol–water partition coefficient (Wildman–Crippen LogP) is 4.44. The normalized spacial score (nSPS) is 14.1. The largest absolute Gasteiger partial charge is 0.494 e. The van der Waals surface area contributed by atoms with E-state index < -0.39 is 23.9 Å². The van der Waals surface area contributed by atoms with E-state index in [2.05, 4.69) is 5.32 Å². The number of nitrogens with one attached hydrogen (secondary N) is 1. The van der Waals surface area contributed by atoms with Crippen LogP contribution in [0, 0.1) is 0 Å². The van der Waals surface area contributed by atoms with Gasteiger partial charge in [0.25, 0.3) is 5.91 Å². The van der Waals surface area contributed by atoms with Crippen molar-refractivity contribution < 1.29 is 38.8 Å². The van der Waals surface area contributed by atoms with Crippen LogP contribution < -0.4 is 19.7 Å². The second kappa shape index (κ2) is 14.0. The van der Waals surface area contributed by atoms with Crippen LogP contribution in [-0.2, 0) is 20.9 Å². The van der Waals surface area contributed by atoms with Gasteiger partial charge in [-0.15, -0.1) is 0 Å². The molecule has 1 atom stereocenters. The minimum Gasteiger partial charge on any atom is -0.494 e. The zero-order valence-electron chi connectivity index (χ0n) is 22.0. The van der Waals surface area contributed by atoms with E-state index >= 15 is 0 Å². The Morgan fingerprint density at radius 2 is 1.70 bits per heavy atom. The van der Waals surface area contributed by atoms with Gasteiger partial charge in [-0.25, -0.2) is 4.79 Å². The zero-order valence-corrected chi connectivity index (χ0v) is 22.0. The van der Waals surface area contributed by atoms with Gasteiger partial charge < -0.3 is 34.6 Å². The number of fused-ring (bicyclic) bond motifs is 1. The van der Waals surface area contributed by atoms with Gasteiger partial charge in [0.1, 0.15) is 5.75 Å². The standard InChI is InChI=1S/C30H32N2O8/c33-27(34)11-5-16-32-19-26(30(36)37)40-28-24(9-4-10-25(28)32)31-29(35)22-12-14-23(15-13-22)39-18-6-17-38-20-21-7-2-1-3-8-21/h1-4,7-10,12-15,26H,5-6,11,16-20H2,(H,31,35)(H,33,34)(H,36,37). The first-order chi connectivity index (χ1) is 19.4. The van der Waals surface area contributed by atoms with E-state index in [0.717, 1.165) is 12.0 Å². The summed E-state index contributed by atoms with van der Waals surface area (Å²) in [5, 5.41) is 21.3. The van der Waals surface area contributed by atoms with E-state index in [9.17, 15) is 19.5 Å². The topological polar surface area (TPSA) is 135 Å². The zero-order chi connectivity index (χ0) is 28.3. The highest BCUT2D eigenvalue weighted by atomic mass is 16.5. The van der Waals surface area contributed by atoms with Gasteiger partial charge in [0, 0.05) is 24.9 Å². The minimum atomic E-state index is -1.16. The van der Waals surface area contributed by atoms with Crippen LogP contribution in [0.4, 0.5) is 11.4 Å². The maximum Gasteiger partial charge on any atom is 0.346 e. The summed E-state index contributed by atoms with van der Waals surface area (Å²) in [7, 11) is 0. The van der Waals surface area contributed by atoms with Crippen molar-refractivity contribution in [1.82, 2.24) is 0 Å². The fraction of sp³-hybridized carbons (Fsp3) is 0.300. The Labute approximate surface area is 232 Å². The maximum atomic E-state index is 13.0. The van der Waals surface area contributed by atoms with Gasteiger partial charge in [-0.2, -0.15) is 0 Å². The number of hydrogen-bond acceptors (Lipinski definition) is 7. The minimum absolute atomic E-state index is 0.0391. The van der Waals surface area contributed by atoms with Crippen LogP contribution in [-0.4, -0.2) is 60.5 Å². The average molecular weight is 549 g/mol. The Morgan fingerprint density at radius 3 is 2.42 bits per heavy atom. The van der Waals surface area contributed by atoms with Crippen molar-refractivity contribution in [1.29, 1.82) is 0 Å². The molecule has 0 saturated carbocycles. The monoisotopic (exact) mass is 548 g/mol. The molecule has 0 radical (unpaired) electrons. The van der Waals surface area contributed by atoms with E-state index in [-0.39, 0.29) is 18.7 Å². The van der Waals surface area contributed by atoms with Gasteiger partial charge in [-0.3, -0.25) is 9.59 Å². The van der Waals surface area contributed by atoms with Crippen molar-refractivity contribution >= 4 is 29.2 Å². The molecule has 0 spiro atoms. The third-order valence-corrected chi connectivity index (χ3v) is 6.25. The Balaban J connectivity index is 1.31. The van der Waals surface area contributed by atoms with Crippen molar-refractivity contribution in [3.8, 4) is 11.5 Å². The molecule has 4 rings (SSSR count). The molecular weight excluding hydrogens is 516 g/mol. The lowest BCUT2D eigenvalue weighted by molar-refractivity contribution is -0.145. The van der Waals surface area contributed by atoms with E-state index in [1.54, 1.807) is 47.4 Å². The number of amides is 1. The van der Waals surface area contributed by atoms with Gasteiger partial charge >= 0.3 is 11.9 Å². The van der Waals surface area contributed by atoms with Crippen molar-refractivity contribution in [3.05, 3.63) is 83.9 Å². The van der Waals surface area contributed by atoms with Crippen molar-refractivity contribution in [3.63, 3.8) is 0 Å². The molecule has 1 aliphatic heterocycles. The lowest BCUT2D eigenvalue weighted by atomic mass is 10.1. The summed E-state index contributed by atoms with van der Waals surface area (Å²) in [5.41, 5.74) is 2.43. The van der Waals surface area contributed by atoms with Gasteiger partial charge in [0.2, 0.25) is 6.10 Å². The van der Waals surface area contributed by atoms with Gasteiger partial charge in [-0.1, -0.05) is 36.4 Å². The second-order valence-electron chi connectivity index (χ2n) is 9.26. The lowest BCUT2D eigenvalue weighted by Gasteiger charge is -2.35. The molecule has 1 aliphatic rings. The molecule has 210 valence electrons. The molecule has 1 unspecified atom stereocenters. The number of ether oxygens (including phenoxy) is 3. The first kappa shape index (κ1) is 28.4. The van der Waals surface area contributed by atoms with Crippen molar-refractivity contribution in [2.45, 2.75) is 32.0 Å². The van der Waals surface area contributed by atoms with Crippen LogP contribution in [0.1, 0.15) is 35.2 Å². The molecule has 10 nitrogen and oxygen atoms in total. The Morgan fingerprint density at radius 1 is 0.925 bits per heavy atom. The third kappa shape index (κ3) is 7.97.